The average Bonchev–Trinajstić information content (AvgIpc) is 2.18. The van der Waals surface area contributed by atoms with E-state index in [1.54, 1.807) is 12.3 Å². The number of nitrogens with one attached hydrogen (secondary N) is 1. The molecule has 1 aliphatic rings. The fraction of sp³-hybridized carbons (Fsp3) is 0.455. The van der Waals surface area contributed by atoms with Crippen molar-refractivity contribution >= 4 is 11.6 Å². The maximum Gasteiger partial charge on any atom is 0.244 e. The SMILES string of the molecule is Cc1ncccc1NC(=O)C1(N)CCC1. The number of nitrogens with zero attached hydrogens (tertiary/aromatic N) is 1. The third-order valence-electron chi connectivity index (χ3n) is 2.95. The fourth-order valence-electron chi connectivity index (χ4n) is 1.65. The molecule has 0 unspecified atom stereocenters. The van der Waals surface area contributed by atoms with Crippen molar-refractivity contribution in [1.82, 2.24) is 4.98 Å². The average molecular weight is 205 g/mol. The number of hydrogen-bond donors (Lipinski definition) is 2. The zero-order valence-corrected chi connectivity index (χ0v) is 8.79. The van der Waals surface area contributed by atoms with Gasteiger partial charge >= 0.3 is 0 Å². The van der Waals surface area contributed by atoms with Gasteiger partial charge in [0.2, 0.25) is 5.91 Å². The van der Waals surface area contributed by atoms with Gasteiger partial charge in [-0.1, -0.05) is 0 Å². The third-order valence-corrected chi connectivity index (χ3v) is 2.95. The molecule has 1 aromatic rings. The summed E-state index contributed by atoms with van der Waals surface area (Å²) in [5.41, 5.74) is 6.82. The second-order valence-electron chi connectivity index (χ2n) is 4.10. The Bertz CT molecular complexity index is 385. The number of pyridine rings is 1. The van der Waals surface area contributed by atoms with Gasteiger partial charge in [0.15, 0.2) is 0 Å². The number of carbonyl (C=O) groups is 1. The highest BCUT2D eigenvalue weighted by Crippen LogP contribution is 2.30. The molecule has 4 nitrogen and oxygen atoms in total. The number of carbonyl (C=O) groups excluding carboxylic acids is 1. The fourth-order valence-corrected chi connectivity index (χ4v) is 1.65. The smallest absolute Gasteiger partial charge is 0.244 e. The zero-order valence-electron chi connectivity index (χ0n) is 8.79. The molecule has 3 N–H and O–H groups in total. The highest BCUT2D eigenvalue weighted by Gasteiger charge is 2.40. The minimum absolute atomic E-state index is 0.0927. The number of aryl methyl sites for hydroxylation is 1. The number of aromatic nitrogens is 1. The molecule has 1 amide bonds. The Morgan fingerprint density at radius 3 is 2.87 bits per heavy atom. The summed E-state index contributed by atoms with van der Waals surface area (Å²) in [5.74, 6) is -0.0927. The molecule has 0 aliphatic heterocycles. The molecule has 0 radical (unpaired) electrons. The van der Waals surface area contributed by atoms with Crippen molar-refractivity contribution in [3.8, 4) is 0 Å². The van der Waals surface area contributed by atoms with Crippen molar-refractivity contribution in [1.29, 1.82) is 0 Å². The first-order valence-electron chi connectivity index (χ1n) is 5.14. The molecule has 1 saturated carbocycles. The van der Waals surface area contributed by atoms with Crippen molar-refractivity contribution in [2.45, 2.75) is 31.7 Å². The Balaban J connectivity index is 2.09. The summed E-state index contributed by atoms with van der Waals surface area (Å²) in [6.45, 7) is 1.86. The lowest BCUT2D eigenvalue weighted by molar-refractivity contribution is -0.123. The van der Waals surface area contributed by atoms with E-state index in [4.69, 9.17) is 5.73 Å². The molecule has 0 bridgehead atoms. The van der Waals surface area contributed by atoms with Crippen LogP contribution in [0.3, 0.4) is 0 Å². The van der Waals surface area contributed by atoms with Gasteiger partial charge in [-0.15, -0.1) is 0 Å². The lowest BCUT2D eigenvalue weighted by atomic mass is 9.77. The summed E-state index contributed by atoms with van der Waals surface area (Å²) >= 11 is 0. The van der Waals surface area contributed by atoms with Crippen LogP contribution >= 0.6 is 0 Å². The molecule has 0 saturated heterocycles. The Morgan fingerprint density at radius 1 is 1.60 bits per heavy atom. The largest absolute Gasteiger partial charge is 0.323 e. The van der Waals surface area contributed by atoms with Crippen molar-refractivity contribution < 1.29 is 4.79 Å². The molecule has 4 heteroatoms. The molecule has 1 aliphatic carbocycles. The lowest BCUT2D eigenvalue weighted by Crippen LogP contribution is -2.56. The molecule has 1 heterocycles. The van der Waals surface area contributed by atoms with Crippen LogP contribution in [0.1, 0.15) is 25.0 Å². The highest BCUT2D eigenvalue weighted by molar-refractivity contribution is 5.98. The van der Waals surface area contributed by atoms with E-state index >= 15 is 0 Å². The van der Waals surface area contributed by atoms with Crippen molar-refractivity contribution in [2.75, 3.05) is 5.32 Å². The lowest BCUT2D eigenvalue weighted by Gasteiger charge is -2.36. The summed E-state index contributed by atoms with van der Waals surface area (Å²) < 4.78 is 0. The van der Waals surface area contributed by atoms with Crippen LogP contribution in [0.25, 0.3) is 0 Å². The summed E-state index contributed by atoms with van der Waals surface area (Å²) in [5, 5.41) is 2.83. The van der Waals surface area contributed by atoms with E-state index in [1.165, 1.54) is 0 Å². The maximum atomic E-state index is 11.8. The standard InChI is InChI=1S/C11H15N3O/c1-8-9(4-2-7-13-8)14-10(15)11(12)5-3-6-11/h2,4,7H,3,5-6,12H2,1H3,(H,14,15). The summed E-state index contributed by atoms with van der Waals surface area (Å²) in [6.07, 6.45) is 4.29. The molecule has 1 fully saturated rings. The first kappa shape index (κ1) is 10.1. The molecule has 0 aromatic carbocycles. The van der Waals surface area contributed by atoms with Gasteiger partial charge in [0, 0.05) is 6.20 Å². The molecule has 15 heavy (non-hydrogen) atoms. The van der Waals surface area contributed by atoms with E-state index in [0.717, 1.165) is 30.6 Å². The van der Waals surface area contributed by atoms with E-state index in [9.17, 15) is 4.79 Å². The molecule has 80 valence electrons. The molecular weight excluding hydrogens is 190 g/mol. The van der Waals surface area contributed by atoms with Crippen LogP contribution in [0.5, 0.6) is 0 Å². The predicted molar refractivity (Wildman–Crippen MR) is 58.4 cm³/mol. The van der Waals surface area contributed by atoms with Gasteiger partial charge < -0.3 is 11.1 Å². The van der Waals surface area contributed by atoms with Gasteiger partial charge in [-0.05, 0) is 38.3 Å². The summed E-state index contributed by atoms with van der Waals surface area (Å²) in [6, 6.07) is 3.63. The first-order valence-corrected chi connectivity index (χ1v) is 5.14. The second kappa shape index (κ2) is 3.62. The van der Waals surface area contributed by atoms with Gasteiger partial charge in [-0.25, -0.2) is 0 Å². The number of anilines is 1. The minimum atomic E-state index is -0.651. The Morgan fingerprint density at radius 2 is 2.33 bits per heavy atom. The molecule has 0 spiro atoms. The van der Waals surface area contributed by atoms with Crippen LogP contribution in [0.2, 0.25) is 0 Å². The van der Waals surface area contributed by atoms with Crippen molar-refractivity contribution in [2.24, 2.45) is 5.73 Å². The predicted octanol–water partition coefficient (Wildman–Crippen LogP) is 1.21. The first-order chi connectivity index (χ1) is 7.12. The number of nitrogens with two attached hydrogens (primary N) is 1. The Hall–Kier alpha value is -1.42. The van der Waals surface area contributed by atoms with Crippen LogP contribution in [0, 0.1) is 6.92 Å². The quantitative estimate of drug-likeness (QED) is 0.762. The topological polar surface area (TPSA) is 68.0 Å². The van der Waals surface area contributed by atoms with Crippen LogP contribution in [0.4, 0.5) is 5.69 Å². The van der Waals surface area contributed by atoms with Gasteiger partial charge in [0.1, 0.15) is 0 Å². The number of hydrogen-bond acceptors (Lipinski definition) is 3. The number of amides is 1. The second-order valence-corrected chi connectivity index (χ2v) is 4.10. The maximum absolute atomic E-state index is 11.8. The van der Waals surface area contributed by atoms with E-state index in [2.05, 4.69) is 10.3 Å². The Labute approximate surface area is 88.9 Å². The van der Waals surface area contributed by atoms with Crippen LogP contribution in [-0.4, -0.2) is 16.4 Å². The molecule has 1 aromatic heterocycles. The van der Waals surface area contributed by atoms with E-state index in [1.807, 2.05) is 13.0 Å². The van der Waals surface area contributed by atoms with Crippen LogP contribution < -0.4 is 11.1 Å². The van der Waals surface area contributed by atoms with Crippen molar-refractivity contribution in [3.63, 3.8) is 0 Å². The monoisotopic (exact) mass is 205 g/mol. The van der Waals surface area contributed by atoms with E-state index in [-0.39, 0.29) is 5.91 Å². The van der Waals surface area contributed by atoms with Gasteiger partial charge in [0.05, 0.1) is 16.9 Å². The third kappa shape index (κ3) is 1.85. The van der Waals surface area contributed by atoms with E-state index < -0.39 is 5.54 Å². The minimum Gasteiger partial charge on any atom is -0.323 e. The van der Waals surface area contributed by atoms with Crippen molar-refractivity contribution in [3.05, 3.63) is 24.0 Å². The Kier molecular flexibility index (Phi) is 2.44. The van der Waals surface area contributed by atoms with Gasteiger partial charge in [-0.3, -0.25) is 9.78 Å². The summed E-state index contributed by atoms with van der Waals surface area (Å²) in [7, 11) is 0. The highest BCUT2D eigenvalue weighted by atomic mass is 16.2. The van der Waals surface area contributed by atoms with Gasteiger partial charge in [0.25, 0.3) is 0 Å². The zero-order chi connectivity index (χ0) is 10.9. The number of rotatable bonds is 2. The van der Waals surface area contributed by atoms with Crippen LogP contribution in [0.15, 0.2) is 18.3 Å². The van der Waals surface area contributed by atoms with Crippen LogP contribution in [-0.2, 0) is 4.79 Å². The van der Waals surface area contributed by atoms with E-state index in [0.29, 0.717) is 0 Å². The molecular formula is C11H15N3O. The molecule has 0 atom stereocenters. The summed E-state index contributed by atoms with van der Waals surface area (Å²) in [4.78, 5) is 15.9. The normalized spacial score (nSPS) is 18.0. The van der Waals surface area contributed by atoms with Gasteiger partial charge in [-0.2, -0.15) is 0 Å². The molecule has 2 rings (SSSR count).